The Labute approximate surface area is 164 Å². The molecule has 2 rings (SSSR count). The molecular formula is C19H30N4O3S. The molecule has 1 aromatic carbocycles. The molecule has 1 heterocycles. The molecule has 0 spiro atoms. The van der Waals surface area contributed by atoms with E-state index in [-0.39, 0.29) is 12.1 Å². The number of nitrogens with one attached hydrogen (secondary N) is 2. The lowest BCUT2D eigenvalue weighted by molar-refractivity contribution is 0.0963. The van der Waals surface area contributed by atoms with Gasteiger partial charge in [-0.3, -0.25) is 9.20 Å². The predicted molar refractivity (Wildman–Crippen MR) is 108 cm³/mol. The van der Waals surface area contributed by atoms with Crippen molar-refractivity contribution in [2.75, 3.05) is 38.5 Å². The molecule has 27 heavy (non-hydrogen) atoms. The van der Waals surface area contributed by atoms with Gasteiger partial charge in [0.05, 0.1) is 24.0 Å². The van der Waals surface area contributed by atoms with Gasteiger partial charge in [0.2, 0.25) is 0 Å². The van der Waals surface area contributed by atoms with E-state index in [9.17, 15) is 9.00 Å². The molecule has 1 unspecified atom stereocenters. The maximum absolute atomic E-state index is 12.3. The van der Waals surface area contributed by atoms with E-state index in [0.717, 1.165) is 30.2 Å². The van der Waals surface area contributed by atoms with E-state index in [4.69, 9.17) is 4.74 Å². The van der Waals surface area contributed by atoms with Gasteiger partial charge in [0, 0.05) is 36.3 Å². The summed E-state index contributed by atoms with van der Waals surface area (Å²) < 4.78 is 17.3. The second-order valence-corrected chi connectivity index (χ2v) is 7.80. The molecule has 0 saturated carbocycles. The van der Waals surface area contributed by atoms with Crippen molar-refractivity contribution in [2.45, 2.75) is 37.6 Å². The first kappa shape index (κ1) is 21.2. The van der Waals surface area contributed by atoms with Crippen LogP contribution in [0.25, 0.3) is 0 Å². The van der Waals surface area contributed by atoms with Crippen molar-refractivity contribution in [3.8, 4) is 0 Å². The van der Waals surface area contributed by atoms with Crippen molar-refractivity contribution >= 4 is 22.9 Å². The maximum Gasteiger partial charge on any atom is 0.409 e. The third kappa shape index (κ3) is 7.21. The average Bonchev–Trinajstić information content (AvgIpc) is 2.69. The third-order valence-corrected chi connectivity index (χ3v) is 5.61. The zero-order valence-electron chi connectivity index (χ0n) is 16.1. The smallest absolute Gasteiger partial charge is 0.409 e. The predicted octanol–water partition coefficient (Wildman–Crippen LogP) is 1.97. The van der Waals surface area contributed by atoms with Crippen molar-refractivity contribution in [1.29, 1.82) is 0 Å². The van der Waals surface area contributed by atoms with E-state index in [1.807, 2.05) is 44.2 Å². The minimum Gasteiger partial charge on any atom is -0.450 e. The summed E-state index contributed by atoms with van der Waals surface area (Å²) in [7, 11) is -1.04. The van der Waals surface area contributed by atoms with Crippen LogP contribution in [0.1, 0.15) is 26.7 Å². The standard InChI is InChI=1S/C19H30N4O3S/c1-3-20-18(21-12-15-27(25)17-8-6-5-7-9-17)22-16-10-13-23(14-11-16)19(24)26-4-2/h5-9,16H,3-4,10-15H2,1-2H3,(H2,20,21,22). The van der Waals surface area contributed by atoms with Crippen molar-refractivity contribution < 1.29 is 13.7 Å². The van der Waals surface area contributed by atoms with Gasteiger partial charge in [-0.25, -0.2) is 4.79 Å². The molecule has 2 N–H and O–H groups in total. The molecule has 1 fully saturated rings. The van der Waals surface area contributed by atoms with Crippen molar-refractivity contribution in [3.05, 3.63) is 30.3 Å². The lowest BCUT2D eigenvalue weighted by Crippen LogP contribution is -2.50. The van der Waals surface area contributed by atoms with Gasteiger partial charge in [0.25, 0.3) is 0 Å². The Kier molecular flexibility index (Phi) is 9.10. The molecule has 150 valence electrons. The number of piperidine rings is 1. The van der Waals surface area contributed by atoms with E-state index in [2.05, 4.69) is 15.6 Å². The number of amides is 1. The monoisotopic (exact) mass is 394 g/mol. The number of ether oxygens (including phenoxy) is 1. The molecule has 0 bridgehead atoms. The zero-order chi connectivity index (χ0) is 19.5. The number of hydrogen-bond donors (Lipinski definition) is 2. The quantitative estimate of drug-likeness (QED) is 0.546. The SMILES string of the molecule is CCNC(=NCCS(=O)c1ccccc1)NC1CCN(C(=O)OCC)CC1. The van der Waals surface area contributed by atoms with E-state index >= 15 is 0 Å². The lowest BCUT2D eigenvalue weighted by Gasteiger charge is -2.32. The fourth-order valence-corrected chi connectivity index (χ4v) is 3.82. The zero-order valence-corrected chi connectivity index (χ0v) is 17.0. The highest BCUT2D eigenvalue weighted by atomic mass is 32.2. The number of likely N-dealkylation sites (tertiary alicyclic amines) is 1. The second-order valence-electron chi connectivity index (χ2n) is 6.23. The Hall–Kier alpha value is -2.09. The van der Waals surface area contributed by atoms with Gasteiger partial charge in [-0.1, -0.05) is 18.2 Å². The summed E-state index contributed by atoms with van der Waals surface area (Å²) in [6, 6.07) is 9.71. The normalized spacial score (nSPS) is 16.7. The maximum atomic E-state index is 12.3. The molecule has 0 aliphatic carbocycles. The molecule has 0 radical (unpaired) electrons. The van der Waals surface area contributed by atoms with E-state index in [1.165, 1.54) is 0 Å². The van der Waals surface area contributed by atoms with Crippen LogP contribution >= 0.6 is 0 Å². The lowest BCUT2D eigenvalue weighted by atomic mass is 10.1. The molecular weight excluding hydrogens is 364 g/mol. The molecule has 8 heteroatoms. The van der Waals surface area contributed by atoms with Crippen LogP contribution in [0, 0.1) is 0 Å². The van der Waals surface area contributed by atoms with Gasteiger partial charge in [-0.05, 0) is 38.8 Å². The van der Waals surface area contributed by atoms with Crippen LogP contribution in [0.15, 0.2) is 40.2 Å². The van der Waals surface area contributed by atoms with Gasteiger partial charge in [-0.2, -0.15) is 0 Å². The summed E-state index contributed by atoms with van der Waals surface area (Å²) in [4.78, 5) is 18.9. The van der Waals surface area contributed by atoms with E-state index < -0.39 is 10.8 Å². The number of benzene rings is 1. The van der Waals surface area contributed by atoms with Crippen LogP contribution < -0.4 is 10.6 Å². The molecule has 1 atom stereocenters. The largest absolute Gasteiger partial charge is 0.450 e. The van der Waals surface area contributed by atoms with Gasteiger partial charge >= 0.3 is 6.09 Å². The number of nitrogens with zero attached hydrogens (tertiary/aromatic N) is 2. The fraction of sp³-hybridized carbons (Fsp3) is 0.579. The Balaban J connectivity index is 1.80. The van der Waals surface area contributed by atoms with Crippen molar-refractivity contribution in [3.63, 3.8) is 0 Å². The topological polar surface area (TPSA) is 83.0 Å². The average molecular weight is 395 g/mol. The molecule has 1 aliphatic heterocycles. The molecule has 1 saturated heterocycles. The Morgan fingerprint density at radius 1 is 1.26 bits per heavy atom. The van der Waals surface area contributed by atoms with Gasteiger partial charge in [0.15, 0.2) is 5.96 Å². The first-order valence-electron chi connectivity index (χ1n) is 9.54. The Morgan fingerprint density at radius 2 is 1.96 bits per heavy atom. The third-order valence-electron chi connectivity index (χ3n) is 4.26. The summed E-state index contributed by atoms with van der Waals surface area (Å²) in [6.45, 7) is 6.83. The molecule has 0 aromatic heterocycles. The van der Waals surface area contributed by atoms with Crippen LogP contribution in [0.4, 0.5) is 4.79 Å². The number of guanidine groups is 1. The Morgan fingerprint density at radius 3 is 2.59 bits per heavy atom. The summed E-state index contributed by atoms with van der Waals surface area (Å²) in [5.74, 6) is 1.22. The number of rotatable bonds is 7. The highest BCUT2D eigenvalue weighted by Crippen LogP contribution is 2.11. The Bertz CT molecular complexity index is 631. The van der Waals surface area contributed by atoms with Crippen molar-refractivity contribution in [1.82, 2.24) is 15.5 Å². The summed E-state index contributed by atoms with van der Waals surface area (Å²) in [5.41, 5.74) is 0. The summed E-state index contributed by atoms with van der Waals surface area (Å²) in [6.07, 6.45) is 1.46. The number of carbonyl (C=O) groups excluding carboxylic acids is 1. The first-order valence-corrected chi connectivity index (χ1v) is 10.9. The second kappa shape index (κ2) is 11.6. The van der Waals surface area contributed by atoms with Gasteiger partial charge in [0.1, 0.15) is 0 Å². The van der Waals surface area contributed by atoms with Crippen LogP contribution in [-0.4, -0.2) is 65.7 Å². The number of hydrogen-bond acceptors (Lipinski definition) is 4. The molecule has 1 amide bonds. The number of carbonyl (C=O) groups is 1. The first-order chi connectivity index (χ1) is 13.1. The highest BCUT2D eigenvalue weighted by molar-refractivity contribution is 7.85. The van der Waals surface area contributed by atoms with E-state index in [1.54, 1.807) is 4.90 Å². The summed E-state index contributed by atoms with van der Waals surface area (Å²) in [5, 5.41) is 6.66. The molecule has 1 aromatic rings. The molecule has 1 aliphatic rings. The minimum atomic E-state index is -1.04. The van der Waals surface area contributed by atoms with Crippen LogP contribution in [0.2, 0.25) is 0 Å². The highest BCUT2D eigenvalue weighted by Gasteiger charge is 2.24. The van der Waals surface area contributed by atoms with Crippen molar-refractivity contribution in [2.24, 2.45) is 4.99 Å². The van der Waals surface area contributed by atoms with Crippen LogP contribution in [-0.2, 0) is 15.5 Å². The van der Waals surface area contributed by atoms with Gasteiger partial charge in [-0.15, -0.1) is 0 Å². The fourth-order valence-electron chi connectivity index (χ4n) is 2.87. The number of aliphatic imine (C=N–C) groups is 1. The van der Waals surface area contributed by atoms with Crippen LogP contribution in [0.3, 0.4) is 0 Å². The summed E-state index contributed by atoms with van der Waals surface area (Å²) >= 11 is 0. The minimum absolute atomic E-state index is 0.236. The van der Waals surface area contributed by atoms with E-state index in [0.29, 0.717) is 32.0 Å². The molecule has 7 nitrogen and oxygen atoms in total. The van der Waals surface area contributed by atoms with Crippen LogP contribution in [0.5, 0.6) is 0 Å². The van der Waals surface area contributed by atoms with Gasteiger partial charge < -0.3 is 20.3 Å².